The third-order valence-electron chi connectivity index (χ3n) is 3.39. The third kappa shape index (κ3) is 3.42. The lowest BCUT2D eigenvalue weighted by atomic mass is 10.2. The van der Waals surface area contributed by atoms with Crippen LogP contribution < -0.4 is 5.32 Å². The quantitative estimate of drug-likeness (QED) is 0.806. The van der Waals surface area contributed by atoms with Crippen molar-refractivity contribution in [1.29, 1.82) is 0 Å². The molecule has 0 fully saturated rings. The van der Waals surface area contributed by atoms with Crippen molar-refractivity contribution >= 4 is 5.91 Å². The van der Waals surface area contributed by atoms with Crippen molar-refractivity contribution in [3.63, 3.8) is 0 Å². The summed E-state index contributed by atoms with van der Waals surface area (Å²) in [5, 5.41) is 7.07. The second-order valence-corrected chi connectivity index (χ2v) is 5.07. The Morgan fingerprint density at radius 2 is 1.96 bits per heavy atom. The predicted molar refractivity (Wildman–Crippen MR) is 83.6 cm³/mol. The number of aromatic nitrogens is 3. The Labute approximate surface area is 132 Å². The molecule has 0 spiro atoms. The van der Waals surface area contributed by atoms with Gasteiger partial charge in [0.15, 0.2) is 5.69 Å². The Morgan fingerprint density at radius 1 is 1.17 bits per heavy atom. The summed E-state index contributed by atoms with van der Waals surface area (Å²) in [5.74, 6) is -0.605. The van der Waals surface area contributed by atoms with E-state index in [9.17, 15) is 9.18 Å². The first kappa shape index (κ1) is 14.9. The molecule has 3 aromatic rings. The third-order valence-corrected chi connectivity index (χ3v) is 3.39. The molecular weight excluding hydrogens is 295 g/mol. The van der Waals surface area contributed by atoms with E-state index in [1.54, 1.807) is 30.6 Å². The van der Waals surface area contributed by atoms with Gasteiger partial charge in [-0.1, -0.05) is 6.07 Å². The molecule has 2 heterocycles. The van der Waals surface area contributed by atoms with Crippen LogP contribution in [-0.4, -0.2) is 20.7 Å². The van der Waals surface area contributed by atoms with Crippen LogP contribution in [0.5, 0.6) is 0 Å². The standard InChI is InChI=1S/C17H15FN4O/c1-12(15-4-2-3-10-19-15)20-17(23)16-9-11-22(21-16)14-7-5-13(18)6-8-14/h2-12H,1H3,(H,20,23)/t12-/m0/s1. The maximum absolute atomic E-state index is 12.9. The summed E-state index contributed by atoms with van der Waals surface area (Å²) in [7, 11) is 0. The van der Waals surface area contributed by atoms with Crippen molar-refractivity contribution in [2.24, 2.45) is 0 Å². The lowest BCUT2D eigenvalue weighted by Gasteiger charge is -2.12. The van der Waals surface area contributed by atoms with Crippen LogP contribution in [0.15, 0.2) is 60.9 Å². The van der Waals surface area contributed by atoms with Crippen molar-refractivity contribution in [2.75, 3.05) is 0 Å². The zero-order chi connectivity index (χ0) is 16.2. The number of hydrogen-bond acceptors (Lipinski definition) is 3. The Kier molecular flexibility index (Phi) is 4.14. The molecule has 116 valence electrons. The summed E-state index contributed by atoms with van der Waals surface area (Å²) in [6.45, 7) is 1.86. The minimum atomic E-state index is -0.317. The second-order valence-electron chi connectivity index (χ2n) is 5.07. The van der Waals surface area contributed by atoms with Crippen molar-refractivity contribution in [2.45, 2.75) is 13.0 Å². The van der Waals surface area contributed by atoms with Crippen LogP contribution in [0.1, 0.15) is 29.1 Å². The lowest BCUT2D eigenvalue weighted by molar-refractivity contribution is 0.0933. The Bertz CT molecular complexity index is 799. The zero-order valence-corrected chi connectivity index (χ0v) is 12.5. The Balaban J connectivity index is 1.72. The minimum Gasteiger partial charge on any atom is -0.343 e. The number of nitrogens with one attached hydrogen (secondary N) is 1. The Morgan fingerprint density at radius 3 is 2.65 bits per heavy atom. The van der Waals surface area contributed by atoms with Crippen LogP contribution in [0, 0.1) is 5.82 Å². The maximum Gasteiger partial charge on any atom is 0.272 e. The molecule has 0 aliphatic carbocycles. The average molecular weight is 310 g/mol. The number of rotatable bonds is 4. The van der Waals surface area contributed by atoms with E-state index < -0.39 is 0 Å². The predicted octanol–water partition coefficient (Wildman–Crippen LogP) is 2.90. The molecule has 6 heteroatoms. The van der Waals surface area contributed by atoms with Gasteiger partial charge in [0.1, 0.15) is 5.82 Å². The van der Waals surface area contributed by atoms with Gasteiger partial charge in [0.2, 0.25) is 0 Å². The summed E-state index contributed by atoms with van der Waals surface area (Å²) in [5.41, 5.74) is 1.75. The smallest absolute Gasteiger partial charge is 0.272 e. The summed E-state index contributed by atoms with van der Waals surface area (Å²) in [4.78, 5) is 16.5. The van der Waals surface area contributed by atoms with E-state index in [0.717, 1.165) is 5.69 Å². The van der Waals surface area contributed by atoms with Crippen LogP contribution in [0.4, 0.5) is 4.39 Å². The van der Waals surface area contributed by atoms with Crippen LogP contribution in [0.25, 0.3) is 5.69 Å². The number of amides is 1. The summed E-state index contributed by atoms with van der Waals surface area (Å²) < 4.78 is 14.5. The molecule has 3 rings (SSSR count). The Hall–Kier alpha value is -3.02. The van der Waals surface area contributed by atoms with Gasteiger partial charge in [0, 0.05) is 12.4 Å². The number of carbonyl (C=O) groups is 1. The molecule has 1 amide bonds. The number of halogens is 1. The van der Waals surface area contributed by atoms with Gasteiger partial charge in [-0.15, -0.1) is 0 Å². The van der Waals surface area contributed by atoms with E-state index in [1.807, 2.05) is 25.1 Å². The molecule has 0 radical (unpaired) electrons. The highest BCUT2D eigenvalue weighted by Crippen LogP contribution is 2.11. The zero-order valence-electron chi connectivity index (χ0n) is 12.5. The fourth-order valence-corrected chi connectivity index (χ4v) is 2.16. The number of benzene rings is 1. The summed E-state index contributed by atoms with van der Waals surface area (Å²) in [6, 6.07) is 12.8. The highest BCUT2D eigenvalue weighted by molar-refractivity contribution is 5.92. The summed E-state index contributed by atoms with van der Waals surface area (Å²) >= 11 is 0. The molecule has 5 nitrogen and oxygen atoms in total. The van der Waals surface area contributed by atoms with E-state index in [4.69, 9.17) is 0 Å². The first-order valence-electron chi connectivity index (χ1n) is 7.17. The number of hydrogen-bond donors (Lipinski definition) is 1. The minimum absolute atomic E-state index is 0.223. The summed E-state index contributed by atoms with van der Waals surface area (Å²) in [6.07, 6.45) is 3.34. The van der Waals surface area contributed by atoms with E-state index in [2.05, 4.69) is 15.4 Å². The molecule has 0 bridgehead atoms. The van der Waals surface area contributed by atoms with Crippen molar-refractivity contribution in [3.8, 4) is 5.69 Å². The van der Waals surface area contributed by atoms with E-state index >= 15 is 0 Å². The molecule has 1 aromatic carbocycles. The molecule has 0 saturated heterocycles. The van der Waals surface area contributed by atoms with Crippen LogP contribution in [0.2, 0.25) is 0 Å². The van der Waals surface area contributed by atoms with Crippen LogP contribution >= 0.6 is 0 Å². The highest BCUT2D eigenvalue weighted by atomic mass is 19.1. The van der Waals surface area contributed by atoms with Crippen molar-refractivity contribution in [3.05, 3.63) is 78.1 Å². The maximum atomic E-state index is 12.9. The lowest BCUT2D eigenvalue weighted by Crippen LogP contribution is -2.27. The van der Waals surface area contributed by atoms with Gasteiger partial charge in [-0.05, 0) is 49.4 Å². The average Bonchev–Trinajstić information content (AvgIpc) is 3.06. The van der Waals surface area contributed by atoms with E-state index in [1.165, 1.54) is 16.8 Å². The van der Waals surface area contributed by atoms with Gasteiger partial charge in [-0.25, -0.2) is 9.07 Å². The van der Waals surface area contributed by atoms with E-state index in [-0.39, 0.29) is 23.5 Å². The first-order chi connectivity index (χ1) is 11.1. The largest absolute Gasteiger partial charge is 0.343 e. The molecule has 0 aliphatic rings. The molecule has 1 N–H and O–H groups in total. The normalized spacial score (nSPS) is 11.9. The van der Waals surface area contributed by atoms with Gasteiger partial charge < -0.3 is 5.32 Å². The molecule has 0 aliphatic heterocycles. The van der Waals surface area contributed by atoms with Gasteiger partial charge in [0.25, 0.3) is 5.91 Å². The number of pyridine rings is 1. The molecule has 0 unspecified atom stereocenters. The first-order valence-corrected chi connectivity index (χ1v) is 7.17. The van der Waals surface area contributed by atoms with Crippen molar-refractivity contribution in [1.82, 2.24) is 20.1 Å². The number of nitrogens with zero attached hydrogens (tertiary/aromatic N) is 3. The fraction of sp³-hybridized carbons (Fsp3) is 0.118. The number of carbonyl (C=O) groups excluding carboxylic acids is 1. The van der Waals surface area contributed by atoms with Gasteiger partial charge in [-0.2, -0.15) is 5.10 Å². The van der Waals surface area contributed by atoms with Gasteiger partial charge in [0.05, 0.1) is 17.4 Å². The fourth-order valence-electron chi connectivity index (χ4n) is 2.16. The monoisotopic (exact) mass is 310 g/mol. The molecule has 23 heavy (non-hydrogen) atoms. The molecule has 1 atom stereocenters. The van der Waals surface area contributed by atoms with Crippen LogP contribution in [0.3, 0.4) is 0 Å². The van der Waals surface area contributed by atoms with Gasteiger partial charge in [-0.3, -0.25) is 9.78 Å². The van der Waals surface area contributed by atoms with Gasteiger partial charge >= 0.3 is 0 Å². The SMILES string of the molecule is C[C@H](NC(=O)c1ccn(-c2ccc(F)cc2)n1)c1ccccn1. The molecule has 0 saturated carbocycles. The van der Waals surface area contributed by atoms with E-state index in [0.29, 0.717) is 5.69 Å². The van der Waals surface area contributed by atoms with Crippen LogP contribution in [-0.2, 0) is 0 Å². The molecule has 2 aromatic heterocycles. The highest BCUT2D eigenvalue weighted by Gasteiger charge is 2.14. The topological polar surface area (TPSA) is 59.8 Å². The second kappa shape index (κ2) is 6.39. The molecular formula is C17H15FN4O. The van der Waals surface area contributed by atoms with Crippen molar-refractivity contribution < 1.29 is 9.18 Å².